The van der Waals surface area contributed by atoms with Crippen molar-refractivity contribution in [3.05, 3.63) is 48.6 Å². The van der Waals surface area contributed by atoms with E-state index in [1.54, 1.807) is 6.08 Å². The van der Waals surface area contributed by atoms with Gasteiger partial charge in [0.05, 0.1) is 25.4 Å². The Bertz CT molecular complexity index is 1360. The number of amides is 1. The third kappa shape index (κ3) is 66.8. The Morgan fingerprint density at radius 3 is 0.963 bits per heavy atom. The third-order valence-corrected chi connectivity index (χ3v) is 16.8. The van der Waals surface area contributed by atoms with Crippen LogP contribution in [-0.2, 0) is 14.3 Å². The molecule has 6 heteroatoms. The van der Waals surface area contributed by atoms with Gasteiger partial charge in [0.1, 0.15) is 0 Å². The normalized spacial score (nSPS) is 12.8. The first kappa shape index (κ1) is 78.8. The van der Waals surface area contributed by atoms with Gasteiger partial charge in [-0.15, -0.1) is 0 Å². The number of hydrogen-bond acceptors (Lipinski definition) is 5. The Kier molecular flexibility index (Phi) is 68.4. The summed E-state index contributed by atoms with van der Waals surface area (Å²) in [7, 11) is 0. The van der Waals surface area contributed by atoms with Crippen LogP contribution in [0.2, 0.25) is 0 Å². The van der Waals surface area contributed by atoms with Gasteiger partial charge in [0.25, 0.3) is 0 Å². The topological polar surface area (TPSA) is 95.9 Å². The summed E-state index contributed by atoms with van der Waals surface area (Å²) in [6, 6.07) is -0.631. The molecule has 0 bridgehead atoms. The minimum absolute atomic E-state index is 0.00258. The average Bonchev–Trinajstić information content (AvgIpc) is 3.47. The van der Waals surface area contributed by atoms with E-state index in [4.69, 9.17) is 4.74 Å². The Labute approximate surface area is 506 Å². The van der Waals surface area contributed by atoms with E-state index in [0.717, 1.165) is 51.4 Å². The fourth-order valence-corrected chi connectivity index (χ4v) is 11.3. The minimum atomic E-state index is -0.847. The summed E-state index contributed by atoms with van der Waals surface area (Å²) in [4.78, 5) is 24.6. The molecule has 0 aromatic heterocycles. The SMILES string of the molecule is CCCCCC/C=C\CCCCCCCC(=O)OCCCCCCCCCCC/C=C\C/C=C\CCCCCCCCCCCCCCCC(=O)NC(CO)C(O)/C=C/CCCCCCCCCCCCCCCCCCCCCC. The molecule has 0 aliphatic heterocycles. The maximum atomic E-state index is 12.5. The summed E-state index contributed by atoms with van der Waals surface area (Å²) in [5, 5.41) is 23.3. The number of carbonyl (C=O) groups is 2. The largest absolute Gasteiger partial charge is 0.466 e. The Morgan fingerprint density at radius 2 is 0.617 bits per heavy atom. The molecular weight excluding hydrogens is 995 g/mol. The van der Waals surface area contributed by atoms with Gasteiger partial charge in [-0.3, -0.25) is 9.59 Å². The number of rotatable bonds is 68. The fourth-order valence-electron chi connectivity index (χ4n) is 11.3. The molecule has 0 radical (unpaired) electrons. The molecule has 0 rings (SSSR count). The number of aliphatic hydroxyl groups is 2. The molecule has 0 aromatic rings. The zero-order valence-corrected chi connectivity index (χ0v) is 54.5. The van der Waals surface area contributed by atoms with Crippen molar-refractivity contribution in [1.82, 2.24) is 5.32 Å². The van der Waals surface area contributed by atoms with Crippen molar-refractivity contribution in [2.24, 2.45) is 0 Å². The van der Waals surface area contributed by atoms with Gasteiger partial charge in [-0.2, -0.15) is 0 Å². The molecule has 0 aliphatic rings. The van der Waals surface area contributed by atoms with Crippen LogP contribution >= 0.6 is 0 Å². The predicted molar refractivity (Wildman–Crippen MR) is 356 cm³/mol. The van der Waals surface area contributed by atoms with E-state index >= 15 is 0 Å². The van der Waals surface area contributed by atoms with Crippen molar-refractivity contribution in [3.8, 4) is 0 Å². The Balaban J connectivity index is 3.44. The Morgan fingerprint density at radius 1 is 0.346 bits per heavy atom. The van der Waals surface area contributed by atoms with Crippen LogP contribution in [0, 0.1) is 0 Å². The number of unbranched alkanes of at least 4 members (excludes halogenated alkanes) is 51. The quantitative estimate of drug-likeness (QED) is 0.0320. The minimum Gasteiger partial charge on any atom is -0.466 e. The summed E-state index contributed by atoms with van der Waals surface area (Å²) in [5.41, 5.74) is 0. The monoisotopic (exact) mass is 1140 g/mol. The molecule has 81 heavy (non-hydrogen) atoms. The van der Waals surface area contributed by atoms with Gasteiger partial charge < -0.3 is 20.3 Å². The number of esters is 1. The summed E-state index contributed by atoms with van der Waals surface area (Å²) in [6.45, 7) is 4.91. The van der Waals surface area contributed by atoms with Gasteiger partial charge in [-0.25, -0.2) is 0 Å². The molecule has 476 valence electrons. The van der Waals surface area contributed by atoms with Gasteiger partial charge in [0.15, 0.2) is 0 Å². The number of nitrogens with one attached hydrogen (secondary N) is 1. The maximum Gasteiger partial charge on any atom is 0.305 e. The van der Waals surface area contributed by atoms with Gasteiger partial charge >= 0.3 is 5.97 Å². The van der Waals surface area contributed by atoms with Crippen molar-refractivity contribution < 1.29 is 24.5 Å². The van der Waals surface area contributed by atoms with Crippen molar-refractivity contribution >= 4 is 11.9 Å². The lowest BCUT2D eigenvalue weighted by Crippen LogP contribution is -2.45. The molecule has 0 aromatic carbocycles. The van der Waals surface area contributed by atoms with E-state index in [0.29, 0.717) is 19.4 Å². The first-order valence-corrected chi connectivity index (χ1v) is 36.4. The van der Waals surface area contributed by atoms with Crippen molar-refractivity contribution in [2.75, 3.05) is 13.2 Å². The van der Waals surface area contributed by atoms with Crippen molar-refractivity contribution in [1.29, 1.82) is 0 Å². The maximum absolute atomic E-state index is 12.5. The van der Waals surface area contributed by atoms with Gasteiger partial charge in [0, 0.05) is 12.8 Å². The average molecular weight is 1140 g/mol. The van der Waals surface area contributed by atoms with Crippen LogP contribution in [0.1, 0.15) is 393 Å². The highest BCUT2D eigenvalue weighted by atomic mass is 16.5. The van der Waals surface area contributed by atoms with Crippen LogP contribution in [0.15, 0.2) is 48.6 Å². The van der Waals surface area contributed by atoms with Gasteiger partial charge in [-0.1, -0.05) is 339 Å². The zero-order valence-electron chi connectivity index (χ0n) is 54.5. The molecule has 0 saturated heterocycles. The number of ether oxygens (including phenoxy) is 1. The van der Waals surface area contributed by atoms with E-state index in [1.807, 2.05) is 6.08 Å². The standard InChI is InChI=1S/C75H141NO5/c1-3-5-7-9-11-13-15-17-18-19-20-21-31-34-37-40-44-47-51-55-59-63-67-73(78)72(71-77)76-74(79)68-64-60-56-52-48-45-41-38-35-32-29-27-25-23-22-24-26-28-30-33-36-39-42-46-50-54-58-62-66-70-81-75(80)69-65-61-57-53-49-43-16-14-12-10-8-6-4-2/h14,16,22,24,28,30,63,67,72-73,77-78H,3-13,15,17-21,23,25-27,29,31-62,64-66,68-71H2,1-2H3,(H,76,79)/b16-14-,24-22-,30-28-,67-63+. The van der Waals surface area contributed by atoms with Crippen LogP contribution in [0.5, 0.6) is 0 Å². The molecule has 6 nitrogen and oxygen atoms in total. The van der Waals surface area contributed by atoms with Crippen molar-refractivity contribution in [3.63, 3.8) is 0 Å². The molecule has 2 unspecified atom stereocenters. The van der Waals surface area contributed by atoms with E-state index in [2.05, 4.69) is 55.6 Å². The van der Waals surface area contributed by atoms with Crippen LogP contribution in [-0.4, -0.2) is 47.4 Å². The molecule has 0 spiro atoms. The lowest BCUT2D eigenvalue weighted by atomic mass is 10.0. The Hall–Kier alpha value is -2.18. The molecule has 0 heterocycles. The second-order valence-electron chi connectivity index (χ2n) is 24.9. The summed E-state index contributed by atoms with van der Waals surface area (Å²) >= 11 is 0. The molecule has 0 aliphatic carbocycles. The van der Waals surface area contributed by atoms with Gasteiger partial charge in [0.2, 0.25) is 5.91 Å². The third-order valence-electron chi connectivity index (χ3n) is 16.8. The molecule has 2 atom stereocenters. The predicted octanol–water partition coefficient (Wildman–Crippen LogP) is 23.6. The molecule has 1 amide bonds. The molecule has 0 fully saturated rings. The smallest absolute Gasteiger partial charge is 0.305 e. The number of allylic oxidation sites excluding steroid dienone is 7. The summed E-state index contributed by atoms with van der Waals surface area (Å²) < 4.78 is 5.48. The highest BCUT2D eigenvalue weighted by Gasteiger charge is 2.18. The highest BCUT2D eigenvalue weighted by molar-refractivity contribution is 5.76. The molecule has 3 N–H and O–H groups in total. The highest BCUT2D eigenvalue weighted by Crippen LogP contribution is 2.18. The van der Waals surface area contributed by atoms with Crippen molar-refractivity contribution in [2.45, 2.75) is 405 Å². The van der Waals surface area contributed by atoms with E-state index in [9.17, 15) is 19.8 Å². The van der Waals surface area contributed by atoms with E-state index in [1.165, 1.54) is 315 Å². The van der Waals surface area contributed by atoms with Crippen LogP contribution in [0.25, 0.3) is 0 Å². The summed E-state index contributed by atoms with van der Waals surface area (Å²) in [6.07, 6.45) is 92.0. The second kappa shape index (κ2) is 70.3. The van der Waals surface area contributed by atoms with Gasteiger partial charge in [-0.05, 0) is 89.9 Å². The second-order valence-corrected chi connectivity index (χ2v) is 24.9. The first-order valence-electron chi connectivity index (χ1n) is 36.4. The molecular formula is C75H141NO5. The fraction of sp³-hybridized carbons (Fsp3) is 0.867. The zero-order chi connectivity index (χ0) is 58.5. The summed E-state index contributed by atoms with van der Waals surface area (Å²) in [5.74, 6) is -0.0629. The lowest BCUT2D eigenvalue weighted by molar-refractivity contribution is -0.143. The lowest BCUT2D eigenvalue weighted by Gasteiger charge is -2.20. The number of carbonyl (C=O) groups excluding carboxylic acids is 2. The van der Waals surface area contributed by atoms with Crippen LogP contribution in [0.4, 0.5) is 0 Å². The molecule has 0 saturated carbocycles. The number of hydrogen-bond donors (Lipinski definition) is 3. The van der Waals surface area contributed by atoms with E-state index in [-0.39, 0.29) is 18.5 Å². The van der Waals surface area contributed by atoms with Crippen LogP contribution < -0.4 is 5.32 Å². The number of aliphatic hydroxyl groups excluding tert-OH is 2. The first-order chi connectivity index (χ1) is 40.0. The van der Waals surface area contributed by atoms with E-state index < -0.39 is 12.1 Å². The van der Waals surface area contributed by atoms with Crippen LogP contribution in [0.3, 0.4) is 0 Å².